The summed E-state index contributed by atoms with van der Waals surface area (Å²) in [4.78, 5) is 7.09. The summed E-state index contributed by atoms with van der Waals surface area (Å²) in [5.41, 5.74) is 0.849. The molecule has 0 atom stereocenters. The lowest BCUT2D eigenvalue weighted by Gasteiger charge is -2.35. The summed E-state index contributed by atoms with van der Waals surface area (Å²) in [7, 11) is 0. The number of hydrogen-bond donors (Lipinski definition) is 2. The van der Waals surface area contributed by atoms with Gasteiger partial charge in [-0.3, -0.25) is 0 Å². The van der Waals surface area contributed by atoms with E-state index >= 15 is 0 Å². The van der Waals surface area contributed by atoms with Gasteiger partial charge in [0.25, 0.3) is 0 Å². The molecule has 6 nitrogen and oxygen atoms in total. The van der Waals surface area contributed by atoms with E-state index in [0.717, 1.165) is 44.1 Å². The number of guanidine groups is 1. The summed E-state index contributed by atoms with van der Waals surface area (Å²) in [5.74, 6) is 0.864. The lowest BCUT2D eigenvalue weighted by atomic mass is 10.0. The molecule has 1 fully saturated rings. The van der Waals surface area contributed by atoms with Gasteiger partial charge in [0.15, 0.2) is 5.96 Å². The number of rotatable bonds is 5. The zero-order valence-corrected chi connectivity index (χ0v) is 13.3. The molecule has 2 heterocycles. The standard InChI is InChI=1S/C15H27N5O/c1-4-16-15(17-11-14-7-10-21-19-14)18-13-5-8-20(9-6-13)12(2)3/h7,10,12-13H,4-6,8-9,11H2,1-3H3,(H2,16,17,18). The molecule has 6 heteroatoms. The van der Waals surface area contributed by atoms with Gasteiger partial charge in [0.05, 0.1) is 6.54 Å². The van der Waals surface area contributed by atoms with E-state index < -0.39 is 0 Å². The minimum atomic E-state index is 0.495. The Bertz CT molecular complexity index is 421. The molecule has 1 aromatic rings. The Kier molecular flexibility index (Phi) is 6.04. The topological polar surface area (TPSA) is 65.7 Å². The normalized spacial score (nSPS) is 18.2. The molecule has 0 spiro atoms. The number of aromatic nitrogens is 1. The highest BCUT2D eigenvalue weighted by molar-refractivity contribution is 5.80. The van der Waals surface area contributed by atoms with Gasteiger partial charge in [-0.15, -0.1) is 0 Å². The van der Waals surface area contributed by atoms with Crippen molar-refractivity contribution >= 4 is 5.96 Å². The SMILES string of the molecule is CCNC(=NCc1ccon1)NC1CCN(C(C)C)CC1. The fraction of sp³-hybridized carbons (Fsp3) is 0.733. The minimum absolute atomic E-state index is 0.495. The van der Waals surface area contributed by atoms with E-state index in [0.29, 0.717) is 18.6 Å². The maximum absolute atomic E-state index is 4.83. The van der Waals surface area contributed by atoms with Crippen molar-refractivity contribution in [3.63, 3.8) is 0 Å². The van der Waals surface area contributed by atoms with E-state index in [1.54, 1.807) is 6.26 Å². The van der Waals surface area contributed by atoms with Gasteiger partial charge in [-0.25, -0.2) is 4.99 Å². The van der Waals surface area contributed by atoms with Crippen molar-refractivity contribution in [1.29, 1.82) is 0 Å². The average molecular weight is 293 g/mol. The predicted octanol–water partition coefficient (Wildman–Crippen LogP) is 1.60. The highest BCUT2D eigenvalue weighted by Crippen LogP contribution is 2.12. The Hall–Kier alpha value is -1.56. The molecule has 0 saturated carbocycles. The first-order valence-corrected chi connectivity index (χ1v) is 7.87. The van der Waals surface area contributed by atoms with E-state index in [1.807, 2.05) is 6.07 Å². The number of hydrogen-bond acceptors (Lipinski definition) is 4. The zero-order valence-electron chi connectivity index (χ0n) is 13.3. The van der Waals surface area contributed by atoms with Crippen LogP contribution in [0.2, 0.25) is 0 Å². The van der Waals surface area contributed by atoms with E-state index in [4.69, 9.17) is 4.52 Å². The van der Waals surface area contributed by atoms with Crippen molar-refractivity contribution in [2.45, 2.75) is 52.2 Å². The molecule has 0 unspecified atom stereocenters. The number of nitrogens with one attached hydrogen (secondary N) is 2. The largest absolute Gasteiger partial charge is 0.364 e. The molecule has 0 aromatic carbocycles. The third-order valence-corrected chi connectivity index (χ3v) is 3.84. The van der Waals surface area contributed by atoms with Crippen molar-refractivity contribution < 1.29 is 4.52 Å². The number of nitrogens with zero attached hydrogens (tertiary/aromatic N) is 3. The molecule has 1 aliphatic rings. The number of aliphatic imine (C=N–C) groups is 1. The lowest BCUT2D eigenvalue weighted by Crippen LogP contribution is -2.49. The van der Waals surface area contributed by atoms with Crippen LogP contribution in [0.5, 0.6) is 0 Å². The van der Waals surface area contributed by atoms with Gasteiger partial charge in [-0.1, -0.05) is 5.16 Å². The molecule has 118 valence electrons. The number of piperidine rings is 1. The van der Waals surface area contributed by atoms with E-state index in [1.165, 1.54) is 0 Å². The van der Waals surface area contributed by atoms with Gasteiger partial charge < -0.3 is 20.1 Å². The van der Waals surface area contributed by atoms with Crippen molar-refractivity contribution in [2.75, 3.05) is 19.6 Å². The summed E-state index contributed by atoms with van der Waals surface area (Å²) in [5, 5.41) is 10.7. The second-order valence-corrected chi connectivity index (χ2v) is 5.73. The predicted molar refractivity (Wildman–Crippen MR) is 84.2 cm³/mol. The summed E-state index contributed by atoms with van der Waals surface area (Å²) in [6.07, 6.45) is 3.89. The first kappa shape index (κ1) is 15.8. The molecular weight excluding hydrogens is 266 g/mol. The molecule has 2 rings (SSSR count). The Labute approximate surface area is 127 Å². The van der Waals surface area contributed by atoms with Gasteiger partial charge in [-0.2, -0.15) is 0 Å². The second kappa shape index (κ2) is 8.02. The Morgan fingerprint density at radius 1 is 1.48 bits per heavy atom. The fourth-order valence-electron chi connectivity index (χ4n) is 2.55. The molecule has 0 aliphatic carbocycles. The molecular formula is C15H27N5O. The molecule has 1 aliphatic heterocycles. The van der Waals surface area contributed by atoms with Crippen LogP contribution in [0.4, 0.5) is 0 Å². The first-order chi connectivity index (χ1) is 10.2. The summed E-state index contributed by atoms with van der Waals surface area (Å²) >= 11 is 0. The smallest absolute Gasteiger partial charge is 0.191 e. The van der Waals surface area contributed by atoms with Crippen molar-refractivity contribution in [2.24, 2.45) is 4.99 Å². The van der Waals surface area contributed by atoms with E-state index in [2.05, 4.69) is 46.5 Å². The molecule has 0 radical (unpaired) electrons. The third kappa shape index (κ3) is 5.04. The van der Waals surface area contributed by atoms with Crippen molar-refractivity contribution in [1.82, 2.24) is 20.7 Å². The highest BCUT2D eigenvalue weighted by Gasteiger charge is 2.21. The zero-order chi connectivity index (χ0) is 15.1. The maximum atomic E-state index is 4.83. The van der Waals surface area contributed by atoms with E-state index in [9.17, 15) is 0 Å². The Balaban J connectivity index is 1.84. The van der Waals surface area contributed by atoms with Gasteiger partial charge >= 0.3 is 0 Å². The van der Waals surface area contributed by atoms with Crippen LogP contribution < -0.4 is 10.6 Å². The molecule has 21 heavy (non-hydrogen) atoms. The highest BCUT2D eigenvalue weighted by atomic mass is 16.5. The van der Waals surface area contributed by atoms with Crippen LogP contribution in [-0.2, 0) is 6.54 Å². The second-order valence-electron chi connectivity index (χ2n) is 5.73. The molecule has 1 aromatic heterocycles. The molecule has 0 amide bonds. The average Bonchev–Trinajstić information content (AvgIpc) is 2.99. The monoisotopic (exact) mass is 293 g/mol. The Morgan fingerprint density at radius 3 is 2.81 bits per heavy atom. The van der Waals surface area contributed by atoms with Gasteiger partial charge in [0, 0.05) is 37.8 Å². The van der Waals surface area contributed by atoms with Crippen LogP contribution in [0, 0.1) is 0 Å². The van der Waals surface area contributed by atoms with Gasteiger partial charge in [0.2, 0.25) is 0 Å². The summed E-state index contributed by atoms with van der Waals surface area (Å²) < 4.78 is 4.83. The van der Waals surface area contributed by atoms with Crippen LogP contribution in [0.3, 0.4) is 0 Å². The van der Waals surface area contributed by atoms with Gasteiger partial charge in [0.1, 0.15) is 12.0 Å². The van der Waals surface area contributed by atoms with Crippen molar-refractivity contribution in [3.05, 3.63) is 18.0 Å². The summed E-state index contributed by atoms with van der Waals surface area (Å²) in [6, 6.07) is 2.98. The van der Waals surface area contributed by atoms with Crippen molar-refractivity contribution in [3.8, 4) is 0 Å². The quantitative estimate of drug-likeness (QED) is 0.638. The maximum Gasteiger partial charge on any atom is 0.191 e. The first-order valence-electron chi connectivity index (χ1n) is 7.87. The van der Waals surface area contributed by atoms with E-state index in [-0.39, 0.29) is 0 Å². The minimum Gasteiger partial charge on any atom is -0.364 e. The fourth-order valence-corrected chi connectivity index (χ4v) is 2.55. The van der Waals surface area contributed by atoms with Crippen LogP contribution in [0.1, 0.15) is 39.3 Å². The van der Waals surface area contributed by atoms with Gasteiger partial charge in [-0.05, 0) is 33.6 Å². The third-order valence-electron chi connectivity index (χ3n) is 3.84. The van der Waals surface area contributed by atoms with Crippen LogP contribution in [0.25, 0.3) is 0 Å². The summed E-state index contributed by atoms with van der Waals surface area (Å²) in [6.45, 7) is 10.3. The number of likely N-dealkylation sites (tertiary alicyclic amines) is 1. The molecule has 1 saturated heterocycles. The van der Waals surface area contributed by atoms with Crippen LogP contribution >= 0.6 is 0 Å². The molecule has 0 bridgehead atoms. The van der Waals surface area contributed by atoms with Crippen LogP contribution in [0.15, 0.2) is 21.8 Å². The lowest BCUT2D eigenvalue weighted by molar-refractivity contribution is 0.167. The van der Waals surface area contributed by atoms with Crippen LogP contribution in [-0.4, -0.2) is 47.7 Å². The molecule has 2 N–H and O–H groups in total. The Morgan fingerprint density at radius 2 is 2.24 bits per heavy atom.